The second kappa shape index (κ2) is 9.50. The number of carbonyl (C=O) groups is 2. The predicted molar refractivity (Wildman–Crippen MR) is 138 cm³/mol. The largest absolute Gasteiger partial charge is 0.322 e. The van der Waals surface area contributed by atoms with E-state index in [-0.39, 0.29) is 22.9 Å². The van der Waals surface area contributed by atoms with Crippen molar-refractivity contribution in [1.29, 1.82) is 0 Å². The van der Waals surface area contributed by atoms with E-state index in [2.05, 4.69) is 19.2 Å². The van der Waals surface area contributed by atoms with Crippen LogP contribution in [0.25, 0.3) is 4.91 Å². The number of nitrogens with zero attached hydrogens (tertiary/aromatic N) is 1. The summed E-state index contributed by atoms with van der Waals surface area (Å²) < 4.78 is 27.5. The third kappa shape index (κ3) is 4.91. The Balaban J connectivity index is 1.51. The Kier molecular flexibility index (Phi) is 6.63. The van der Waals surface area contributed by atoms with E-state index >= 15 is 0 Å². The van der Waals surface area contributed by atoms with E-state index in [9.17, 15) is 18.0 Å². The normalized spacial score (nSPS) is 15.1. The Morgan fingerprint density at radius 2 is 1.49 bits per heavy atom. The molecule has 2 amide bonds. The van der Waals surface area contributed by atoms with E-state index < -0.39 is 15.9 Å². The second-order valence-electron chi connectivity index (χ2n) is 9.06. The summed E-state index contributed by atoms with van der Waals surface area (Å²) in [4.78, 5) is 25.5. The molecule has 1 heterocycles. The minimum atomic E-state index is -4.00. The van der Waals surface area contributed by atoms with Gasteiger partial charge in [0.15, 0.2) is 0 Å². The number of nitrogens with one attached hydrogen (secondary N) is 1. The SMILES string of the molecule is CC1=C(c2ccc(C(C)C)cc2)S(=O)(=O)N(Cc2ccc(C(=O)Nc3ccc(C)cc3)cc2)C1=O. The van der Waals surface area contributed by atoms with Crippen LogP contribution in [0.1, 0.15) is 59.3 Å². The third-order valence-corrected chi connectivity index (χ3v) is 8.06. The Labute approximate surface area is 206 Å². The monoisotopic (exact) mass is 488 g/mol. The lowest BCUT2D eigenvalue weighted by Gasteiger charge is -2.17. The van der Waals surface area contributed by atoms with Crippen LogP contribution in [0, 0.1) is 6.92 Å². The maximum Gasteiger partial charge on any atom is 0.268 e. The van der Waals surface area contributed by atoms with Crippen LogP contribution in [0.3, 0.4) is 0 Å². The molecule has 0 radical (unpaired) electrons. The zero-order valence-electron chi connectivity index (χ0n) is 20.2. The van der Waals surface area contributed by atoms with Gasteiger partial charge in [0.05, 0.1) is 6.54 Å². The van der Waals surface area contributed by atoms with Crippen molar-refractivity contribution in [2.24, 2.45) is 0 Å². The molecule has 0 aliphatic carbocycles. The number of sulfonamides is 1. The smallest absolute Gasteiger partial charge is 0.268 e. The van der Waals surface area contributed by atoms with Crippen molar-refractivity contribution in [3.05, 3.63) is 106 Å². The van der Waals surface area contributed by atoms with Crippen LogP contribution in [0.4, 0.5) is 5.69 Å². The van der Waals surface area contributed by atoms with Crippen LogP contribution in [0.5, 0.6) is 0 Å². The van der Waals surface area contributed by atoms with Gasteiger partial charge in [-0.2, -0.15) is 0 Å². The third-order valence-electron chi connectivity index (χ3n) is 6.13. The van der Waals surface area contributed by atoms with E-state index in [0.29, 0.717) is 28.3 Å². The predicted octanol–water partition coefficient (Wildman–Crippen LogP) is 5.47. The number of hydrogen-bond acceptors (Lipinski definition) is 4. The molecule has 0 spiro atoms. The summed E-state index contributed by atoms with van der Waals surface area (Å²) in [7, 11) is -4.00. The van der Waals surface area contributed by atoms with E-state index in [4.69, 9.17) is 0 Å². The van der Waals surface area contributed by atoms with E-state index in [1.54, 1.807) is 43.3 Å². The lowest BCUT2D eigenvalue weighted by molar-refractivity contribution is -0.122. The van der Waals surface area contributed by atoms with Crippen molar-refractivity contribution in [3.63, 3.8) is 0 Å². The highest BCUT2D eigenvalue weighted by Gasteiger charge is 2.42. The molecule has 4 rings (SSSR count). The molecule has 1 aliphatic heterocycles. The fourth-order valence-corrected chi connectivity index (χ4v) is 5.81. The summed E-state index contributed by atoms with van der Waals surface area (Å²) in [5, 5.41) is 2.83. The van der Waals surface area contributed by atoms with Crippen molar-refractivity contribution >= 4 is 32.4 Å². The van der Waals surface area contributed by atoms with Crippen LogP contribution in [-0.4, -0.2) is 24.5 Å². The molecule has 35 heavy (non-hydrogen) atoms. The van der Waals surface area contributed by atoms with Gasteiger partial charge in [-0.25, -0.2) is 12.7 Å². The van der Waals surface area contributed by atoms with Crippen molar-refractivity contribution < 1.29 is 18.0 Å². The van der Waals surface area contributed by atoms with Crippen molar-refractivity contribution in [2.45, 2.75) is 40.2 Å². The Morgan fingerprint density at radius 1 is 0.886 bits per heavy atom. The molecule has 3 aromatic carbocycles. The molecular weight excluding hydrogens is 460 g/mol. The number of rotatable bonds is 6. The number of aryl methyl sites for hydroxylation is 1. The van der Waals surface area contributed by atoms with Gasteiger partial charge in [0.2, 0.25) is 0 Å². The minimum Gasteiger partial charge on any atom is -0.322 e. The summed E-state index contributed by atoms with van der Waals surface area (Å²) in [5.41, 5.74) is 4.63. The van der Waals surface area contributed by atoms with Crippen LogP contribution in [-0.2, 0) is 21.4 Å². The van der Waals surface area contributed by atoms with Crippen molar-refractivity contribution in [2.75, 3.05) is 5.32 Å². The maximum absolute atomic E-state index is 13.3. The van der Waals surface area contributed by atoms with E-state index in [1.165, 1.54) is 0 Å². The zero-order chi connectivity index (χ0) is 25.3. The highest BCUT2D eigenvalue weighted by atomic mass is 32.2. The fraction of sp³-hybridized carbons (Fsp3) is 0.214. The fourth-order valence-electron chi connectivity index (χ4n) is 4.01. The molecule has 0 bridgehead atoms. The van der Waals surface area contributed by atoms with Gasteiger partial charge in [0.1, 0.15) is 4.91 Å². The van der Waals surface area contributed by atoms with Gasteiger partial charge in [-0.3, -0.25) is 9.59 Å². The number of benzene rings is 3. The number of amides is 2. The average Bonchev–Trinajstić information content (AvgIpc) is 3.00. The number of carbonyl (C=O) groups excluding carboxylic acids is 2. The first-order valence-corrected chi connectivity index (χ1v) is 12.9. The van der Waals surface area contributed by atoms with Crippen molar-refractivity contribution in [1.82, 2.24) is 4.31 Å². The van der Waals surface area contributed by atoms with Gasteiger partial charge >= 0.3 is 0 Å². The minimum absolute atomic E-state index is 0.0481. The zero-order valence-corrected chi connectivity index (χ0v) is 21.0. The molecule has 0 atom stereocenters. The van der Waals surface area contributed by atoms with Gasteiger partial charge < -0.3 is 5.32 Å². The second-order valence-corrected chi connectivity index (χ2v) is 10.9. The molecule has 0 saturated heterocycles. The van der Waals surface area contributed by atoms with Gasteiger partial charge in [0.25, 0.3) is 21.8 Å². The number of anilines is 1. The van der Waals surface area contributed by atoms with Crippen LogP contribution in [0.15, 0.2) is 78.4 Å². The topological polar surface area (TPSA) is 83.6 Å². The Bertz CT molecular complexity index is 1400. The molecule has 0 saturated carbocycles. The standard InChI is InChI=1S/C28H28N2O4S/c1-18(2)22-11-13-23(14-12-22)26-20(4)28(32)30(35(26,33)34)17-21-7-9-24(10-8-21)27(31)29-25-15-5-19(3)6-16-25/h5-16,18H,17H2,1-4H3,(H,29,31). The first kappa shape index (κ1) is 24.4. The van der Waals surface area contributed by atoms with Crippen molar-refractivity contribution in [3.8, 4) is 0 Å². The average molecular weight is 489 g/mol. The molecule has 180 valence electrons. The molecule has 0 aromatic heterocycles. The van der Waals surface area contributed by atoms with Crippen LogP contribution in [0.2, 0.25) is 0 Å². The highest BCUT2D eigenvalue weighted by Crippen LogP contribution is 2.36. The summed E-state index contributed by atoms with van der Waals surface area (Å²) in [6, 6.07) is 21.3. The molecule has 1 N–H and O–H groups in total. The van der Waals surface area contributed by atoms with E-state index in [1.807, 2.05) is 43.3 Å². The molecule has 1 aliphatic rings. The van der Waals surface area contributed by atoms with Crippen LogP contribution < -0.4 is 5.32 Å². The van der Waals surface area contributed by atoms with Gasteiger partial charge in [-0.1, -0.05) is 67.9 Å². The molecule has 6 nitrogen and oxygen atoms in total. The highest BCUT2D eigenvalue weighted by molar-refractivity contribution is 7.99. The number of hydrogen-bond donors (Lipinski definition) is 1. The summed E-state index contributed by atoms with van der Waals surface area (Å²) >= 11 is 0. The Hall–Kier alpha value is -3.71. The summed E-state index contributed by atoms with van der Waals surface area (Å²) in [6.45, 7) is 7.54. The van der Waals surface area contributed by atoms with Gasteiger partial charge in [-0.15, -0.1) is 0 Å². The molecule has 0 fully saturated rings. The molecular formula is C28H28N2O4S. The van der Waals surface area contributed by atoms with E-state index in [0.717, 1.165) is 15.4 Å². The molecule has 0 unspecified atom stereocenters. The first-order valence-electron chi connectivity index (χ1n) is 11.4. The molecule has 3 aromatic rings. The Morgan fingerprint density at radius 3 is 2.06 bits per heavy atom. The summed E-state index contributed by atoms with van der Waals surface area (Å²) in [6.07, 6.45) is 0. The van der Waals surface area contributed by atoms with Gasteiger partial charge in [0, 0.05) is 16.8 Å². The first-order chi connectivity index (χ1) is 16.6. The molecule has 7 heteroatoms. The lowest BCUT2D eigenvalue weighted by Crippen LogP contribution is -2.30. The lowest BCUT2D eigenvalue weighted by atomic mass is 10.0. The quantitative estimate of drug-likeness (QED) is 0.498. The maximum atomic E-state index is 13.3. The van der Waals surface area contributed by atoms with Gasteiger partial charge in [-0.05, 0) is 60.7 Å². The summed E-state index contributed by atoms with van der Waals surface area (Å²) in [5.74, 6) is -0.483. The van der Waals surface area contributed by atoms with Crippen LogP contribution >= 0.6 is 0 Å².